The van der Waals surface area contributed by atoms with Gasteiger partial charge in [-0.25, -0.2) is 9.78 Å². The molecule has 35 heavy (non-hydrogen) atoms. The van der Waals surface area contributed by atoms with E-state index in [0.29, 0.717) is 16.6 Å². The summed E-state index contributed by atoms with van der Waals surface area (Å²) in [6, 6.07) is 22.5. The normalized spacial score (nSPS) is 10.7. The van der Waals surface area contributed by atoms with Gasteiger partial charge in [0.25, 0.3) is 5.56 Å². The van der Waals surface area contributed by atoms with Crippen molar-refractivity contribution in [2.24, 2.45) is 0 Å². The Labute approximate surface area is 204 Å². The quantitative estimate of drug-likeness (QED) is 0.242. The van der Waals surface area contributed by atoms with E-state index in [9.17, 15) is 19.2 Å². The van der Waals surface area contributed by atoms with E-state index in [-0.39, 0.29) is 28.5 Å². The number of thioether (sulfide) groups is 1. The number of carbonyl (C=O) groups is 3. The molecular weight excluding hydrogens is 466 g/mol. The highest BCUT2D eigenvalue weighted by atomic mass is 32.2. The fraction of sp³-hybridized carbons (Fsp3) is 0.115. The average Bonchev–Trinajstić information content (AvgIpc) is 2.87. The van der Waals surface area contributed by atoms with E-state index in [1.807, 2.05) is 24.3 Å². The number of imide groups is 1. The number of rotatable bonds is 7. The molecular formula is C26H21N3O5S. The molecule has 2 amide bonds. The number of fused-ring (bicyclic) bond motifs is 1. The van der Waals surface area contributed by atoms with Crippen LogP contribution in [0.5, 0.6) is 0 Å². The van der Waals surface area contributed by atoms with Gasteiger partial charge in [-0.05, 0) is 35.9 Å². The van der Waals surface area contributed by atoms with Crippen LogP contribution in [0.3, 0.4) is 0 Å². The summed E-state index contributed by atoms with van der Waals surface area (Å²) in [5, 5.41) is 2.93. The summed E-state index contributed by atoms with van der Waals surface area (Å²) >= 11 is 1.02. The Morgan fingerprint density at radius 1 is 0.943 bits per heavy atom. The molecule has 0 fully saturated rings. The van der Waals surface area contributed by atoms with Crippen molar-refractivity contribution in [2.75, 3.05) is 12.9 Å². The van der Waals surface area contributed by atoms with E-state index in [1.54, 1.807) is 36.4 Å². The molecule has 0 aliphatic rings. The van der Waals surface area contributed by atoms with Gasteiger partial charge in [-0.15, -0.1) is 0 Å². The Morgan fingerprint density at radius 3 is 2.31 bits per heavy atom. The van der Waals surface area contributed by atoms with Crippen molar-refractivity contribution in [3.05, 3.63) is 100 Å². The summed E-state index contributed by atoms with van der Waals surface area (Å²) < 4.78 is 6.16. The van der Waals surface area contributed by atoms with Gasteiger partial charge in [0.15, 0.2) is 5.16 Å². The maximum Gasteiger partial charge on any atom is 0.337 e. The first-order chi connectivity index (χ1) is 17.0. The number of hydrogen-bond donors (Lipinski definition) is 1. The van der Waals surface area contributed by atoms with Crippen molar-refractivity contribution >= 4 is 40.4 Å². The lowest BCUT2D eigenvalue weighted by molar-refractivity contribution is -0.128. The third-order valence-electron chi connectivity index (χ3n) is 5.09. The molecule has 0 aliphatic carbocycles. The molecule has 0 saturated carbocycles. The Bertz CT molecular complexity index is 1450. The largest absolute Gasteiger partial charge is 0.465 e. The highest BCUT2D eigenvalue weighted by Gasteiger charge is 2.17. The molecule has 0 aliphatic heterocycles. The lowest BCUT2D eigenvalue weighted by Crippen LogP contribution is -2.33. The molecule has 176 valence electrons. The summed E-state index contributed by atoms with van der Waals surface area (Å²) in [5.41, 5.74) is 1.58. The van der Waals surface area contributed by atoms with Crippen LogP contribution in [-0.2, 0) is 20.7 Å². The molecule has 1 aromatic heterocycles. The number of carbonyl (C=O) groups excluding carboxylic acids is 3. The van der Waals surface area contributed by atoms with Gasteiger partial charge in [-0.2, -0.15) is 0 Å². The van der Waals surface area contributed by atoms with Gasteiger partial charge in [-0.1, -0.05) is 60.3 Å². The van der Waals surface area contributed by atoms with Crippen molar-refractivity contribution in [1.29, 1.82) is 0 Å². The number of aromatic nitrogens is 2. The number of benzene rings is 3. The fourth-order valence-electron chi connectivity index (χ4n) is 3.46. The van der Waals surface area contributed by atoms with Gasteiger partial charge in [-0.3, -0.25) is 24.3 Å². The third-order valence-corrected chi connectivity index (χ3v) is 6.03. The van der Waals surface area contributed by atoms with Gasteiger partial charge >= 0.3 is 5.97 Å². The van der Waals surface area contributed by atoms with E-state index in [2.05, 4.69) is 10.3 Å². The molecule has 0 spiro atoms. The number of nitrogens with zero attached hydrogens (tertiary/aromatic N) is 2. The second-order valence-corrected chi connectivity index (χ2v) is 8.46. The number of esters is 1. The molecule has 1 heterocycles. The Hall–Kier alpha value is -4.24. The Morgan fingerprint density at radius 2 is 1.63 bits per heavy atom. The number of ether oxygens (including phenoxy) is 1. The molecule has 0 saturated heterocycles. The summed E-state index contributed by atoms with van der Waals surface area (Å²) in [5.74, 6) is -1.61. The zero-order valence-electron chi connectivity index (χ0n) is 18.8. The number of amides is 2. The highest BCUT2D eigenvalue weighted by Crippen LogP contribution is 2.22. The first-order valence-electron chi connectivity index (χ1n) is 10.7. The molecule has 0 bridgehead atoms. The zero-order valence-corrected chi connectivity index (χ0v) is 19.6. The maximum absolute atomic E-state index is 13.4. The van der Waals surface area contributed by atoms with Crippen molar-refractivity contribution in [1.82, 2.24) is 14.9 Å². The average molecular weight is 488 g/mol. The van der Waals surface area contributed by atoms with Crippen LogP contribution in [0.4, 0.5) is 0 Å². The standard InChI is InChI=1S/C26H21N3O5S/c1-34-25(33)18-12-13-20-21(15-18)27-26(29(24(20)32)19-10-6-3-7-11-19)35-16-23(31)28-22(30)14-17-8-4-2-5-9-17/h2-13,15H,14,16H2,1H3,(H,28,30,31). The van der Waals surface area contributed by atoms with Crippen LogP contribution in [0.1, 0.15) is 15.9 Å². The van der Waals surface area contributed by atoms with E-state index >= 15 is 0 Å². The first-order valence-corrected chi connectivity index (χ1v) is 11.6. The van der Waals surface area contributed by atoms with Crippen LogP contribution >= 0.6 is 11.8 Å². The first kappa shape index (κ1) is 23.9. The molecule has 0 radical (unpaired) electrons. The van der Waals surface area contributed by atoms with Crippen LogP contribution in [0, 0.1) is 0 Å². The summed E-state index contributed by atoms with van der Waals surface area (Å²) in [7, 11) is 1.27. The minimum atomic E-state index is -0.550. The van der Waals surface area contributed by atoms with E-state index in [4.69, 9.17) is 4.74 Å². The molecule has 4 rings (SSSR count). The molecule has 1 N–H and O–H groups in total. The SMILES string of the molecule is COC(=O)c1ccc2c(=O)n(-c3ccccc3)c(SCC(=O)NC(=O)Cc3ccccc3)nc2c1. The van der Waals surface area contributed by atoms with Crippen LogP contribution < -0.4 is 10.9 Å². The lowest BCUT2D eigenvalue weighted by Gasteiger charge is -2.13. The highest BCUT2D eigenvalue weighted by molar-refractivity contribution is 7.99. The molecule has 4 aromatic rings. The Kier molecular flexibility index (Phi) is 7.37. The van der Waals surface area contributed by atoms with Crippen LogP contribution in [0.15, 0.2) is 88.8 Å². The predicted molar refractivity (Wildman–Crippen MR) is 133 cm³/mol. The topological polar surface area (TPSA) is 107 Å². The van der Waals surface area contributed by atoms with Crippen LogP contribution in [0.25, 0.3) is 16.6 Å². The number of methoxy groups -OCH3 is 1. The van der Waals surface area contributed by atoms with Gasteiger partial charge in [0.05, 0.1) is 41.4 Å². The predicted octanol–water partition coefficient (Wildman–Crippen LogP) is 3.15. The van der Waals surface area contributed by atoms with Crippen LogP contribution in [-0.4, -0.2) is 40.2 Å². The van der Waals surface area contributed by atoms with E-state index in [1.165, 1.54) is 29.9 Å². The summed E-state index contributed by atoms with van der Waals surface area (Å²) in [4.78, 5) is 54.6. The van der Waals surface area contributed by atoms with Crippen molar-refractivity contribution in [3.8, 4) is 5.69 Å². The number of para-hydroxylation sites is 1. The smallest absolute Gasteiger partial charge is 0.337 e. The lowest BCUT2D eigenvalue weighted by atomic mass is 10.1. The van der Waals surface area contributed by atoms with Crippen molar-refractivity contribution < 1.29 is 19.1 Å². The summed E-state index contributed by atoms with van der Waals surface area (Å²) in [6.45, 7) is 0. The van der Waals surface area contributed by atoms with Crippen molar-refractivity contribution in [2.45, 2.75) is 11.6 Å². The molecule has 9 heteroatoms. The monoisotopic (exact) mass is 487 g/mol. The van der Waals surface area contributed by atoms with E-state index < -0.39 is 17.8 Å². The maximum atomic E-state index is 13.4. The van der Waals surface area contributed by atoms with Gasteiger partial charge in [0, 0.05) is 0 Å². The molecule has 0 atom stereocenters. The molecule has 3 aromatic carbocycles. The second kappa shape index (κ2) is 10.8. The number of nitrogens with one attached hydrogen (secondary N) is 1. The third kappa shape index (κ3) is 5.64. The summed E-state index contributed by atoms with van der Waals surface area (Å²) in [6.07, 6.45) is 0.0799. The van der Waals surface area contributed by atoms with E-state index in [0.717, 1.165) is 17.3 Å². The fourth-order valence-corrected chi connectivity index (χ4v) is 4.27. The Balaban J connectivity index is 1.61. The second-order valence-electron chi connectivity index (χ2n) is 7.52. The zero-order chi connectivity index (χ0) is 24.8. The van der Waals surface area contributed by atoms with Gasteiger partial charge in [0.1, 0.15) is 0 Å². The minimum absolute atomic E-state index is 0.0799. The van der Waals surface area contributed by atoms with Crippen LogP contribution in [0.2, 0.25) is 0 Å². The minimum Gasteiger partial charge on any atom is -0.465 e. The number of hydrogen-bond acceptors (Lipinski definition) is 7. The molecule has 0 unspecified atom stereocenters. The van der Waals surface area contributed by atoms with Gasteiger partial charge < -0.3 is 4.74 Å². The van der Waals surface area contributed by atoms with Crippen molar-refractivity contribution in [3.63, 3.8) is 0 Å². The molecule has 8 nitrogen and oxygen atoms in total. The van der Waals surface area contributed by atoms with Gasteiger partial charge in [0.2, 0.25) is 11.8 Å².